The van der Waals surface area contributed by atoms with E-state index in [-0.39, 0.29) is 0 Å². The molecule has 10 heteroatoms. The zero-order valence-electron chi connectivity index (χ0n) is 53.8. The fourth-order valence-electron chi connectivity index (χ4n) is 15.1. The van der Waals surface area contributed by atoms with Crippen molar-refractivity contribution in [3.63, 3.8) is 0 Å². The quantitative estimate of drug-likeness (QED) is 0.128. The minimum absolute atomic E-state index is 0.522. The maximum Gasteiger partial charge on any atom is 0.166 e. The van der Waals surface area contributed by atoms with E-state index in [2.05, 4.69) is 285 Å². The molecule has 466 valence electrons. The molecule has 0 aliphatic rings. The van der Waals surface area contributed by atoms with Crippen LogP contribution < -0.4 is 0 Å². The van der Waals surface area contributed by atoms with Gasteiger partial charge < -0.3 is 18.3 Å². The Kier molecular flexibility index (Phi) is 13.0. The molecule has 0 amide bonds. The molecule has 0 N–H and O–H groups in total. The summed E-state index contributed by atoms with van der Waals surface area (Å²) in [5, 5.41) is 9.26. The maximum absolute atomic E-state index is 5.53. The van der Waals surface area contributed by atoms with E-state index in [4.69, 9.17) is 29.9 Å². The van der Waals surface area contributed by atoms with Crippen molar-refractivity contribution >= 4 is 87.2 Å². The van der Waals surface area contributed by atoms with Crippen LogP contribution in [0.3, 0.4) is 0 Å². The first-order valence-electron chi connectivity index (χ1n) is 33.7. The summed E-state index contributed by atoms with van der Waals surface area (Å²) < 4.78 is 9.61. The minimum atomic E-state index is 0.522. The van der Waals surface area contributed by atoms with E-state index < -0.39 is 0 Å². The van der Waals surface area contributed by atoms with Crippen molar-refractivity contribution in [2.75, 3.05) is 0 Å². The average molecular weight is 1280 g/mol. The van der Waals surface area contributed by atoms with Gasteiger partial charge in [0, 0.05) is 87.8 Å². The highest BCUT2D eigenvalue weighted by Crippen LogP contribution is 2.46. The first kappa shape index (κ1) is 56.6. The Balaban J connectivity index is 0.880. The van der Waals surface area contributed by atoms with Gasteiger partial charge in [0.2, 0.25) is 0 Å². The summed E-state index contributed by atoms with van der Waals surface area (Å²) in [5.41, 5.74) is 19.6. The smallest absolute Gasteiger partial charge is 0.166 e. The number of rotatable bonds is 11. The topological polar surface area (TPSA) is 97.1 Å². The summed E-state index contributed by atoms with van der Waals surface area (Å²) >= 11 is 0. The van der Waals surface area contributed by atoms with Gasteiger partial charge in [-0.25, -0.2) is 29.9 Å². The Morgan fingerprint density at radius 3 is 0.720 bits per heavy atom. The summed E-state index contributed by atoms with van der Waals surface area (Å²) in [5.74, 6) is 3.30. The van der Waals surface area contributed by atoms with E-state index in [9.17, 15) is 0 Å². The molecule has 20 rings (SSSR count). The van der Waals surface area contributed by atoms with E-state index in [0.29, 0.717) is 34.9 Å². The SMILES string of the molecule is c1ccc(-c2nc(-c3ccccc3)nc(-c3cc(-c4ccc(-n5c6ccccc6c6cc7c8ccccc8n(-c8ccccc8)c7cc65)c(-c5nc(-c6ccccc6)nc(-c6ccccc6)n5)c4)ccc3-n3c4ccccc4c4cc5c6ccccc6n(-c6ccccc6)c5cc43)n2)cc1. The summed E-state index contributed by atoms with van der Waals surface area (Å²) in [4.78, 5) is 32.6. The molecule has 0 saturated carbocycles. The van der Waals surface area contributed by atoms with Crippen LogP contribution in [0.1, 0.15) is 0 Å². The predicted molar refractivity (Wildman–Crippen MR) is 409 cm³/mol. The van der Waals surface area contributed by atoms with Crippen LogP contribution in [0.15, 0.2) is 340 Å². The molecule has 10 nitrogen and oxygen atoms in total. The lowest BCUT2D eigenvalue weighted by molar-refractivity contribution is 1.06. The molecule has 0 unspecified atom stereocenters. The standard InChI is InChI=1S/C90H56N10/c1-7-27-57(28-8-1)85-91-86(58-29-9-2-10-30-58)94-89(93-85)73-51-61(47-49-79(73)99-77-45-25-21-41-67(77)71-53-69-65-39-19-23-43-75(65)97(81(69)55-83(71)99)63-35-15-5-16-36-63)62-48-50-80(74(52-62)90-95-87(59-31-11-3-12-32-59)92-88(96-90)60-33-13-4-14-34-60)100-78-46-26-22-42-68(78)72-54-70-66-40-20-24-44-76(66)98(82(70)56-84(72)100)64-37-17-6-18-38-64/h1-56H. The number of fused-ring (bicyclic) bond motifs is 12. The lowest BCUT2D eigenvalue weighted by atomic mass is 9.97. The van der Waals surface area contributed by atoms with Gasteiger partial charge in [0.1, 0.15) is 0 Å². The van der Waals surface area contributed by atoms with E-state index in [0.717, 1.165) is 133 Å². The molecule has 14 aromatic carbocycles. The number of para-hydroxylation sites is 6. The van der Waals surface area contributed by atoms with E-state index in [1.807, 2.05) is 72.8 Å². The lowest BCUT2D eigenvalue weighted by Crippen LogP contribution is -2.05. The molecule has 0 aliphatic carbocycles. The van der Waals surface area contributed by atoms with Gasteiger partial charge in [0.25, 0.3) is 0 Å². The normalized spacial score (nSPS) is 11.8. The van der Waals surface area contributed by atoms with Crippen molar-refractivity contribution in [1.82, 2.24) is 48.2 Å². The molecule has 0 spiro atoms. The number of benzene rings is 14. The van der Waals surface area contributed by atoms with Gasteiger partial charge in [0.15, 0.2) is 34.9 Å². The number of hydrogen-bond donors (Lipinski definition) is 0. The molecule has 0 fully saturated rings. The molecule has 0 aliphatic heterocycles. The largest absolute Gasteiger partial charge is 0.309 e. The fraction of sp³-hybridized carbons (Fsp3) is 0. The first-order chi connectivity index (χ1) is 49.6. The second kappa shape index (κ2) is 23.0. The van der Waals surface area contributed by atoms with Crippen LogP contribution in [0.5, 0.6) is 0 Å². The summed E-state index contributed by atoms with van der Waals surface area (Å²) in [6.07, 6.45) is 0. The van der Waals surface area contributed by atoms with Crippen LogP contribution in [-0.4, -0.2) is 48.2 Å². The highest BCUT2D eigenvalue weighted by molar-refractivity contribution is 6.21. The van der Waals surface area contributed by atoms with Gasteiger partial charge >= 0.3 is 0 Å². The number of nitrogens with zero attached hydrogens (tertiary/aromatic N) is 10. The van der Waals surface area contributed by atoms with Gasteiger partial charge in [-0.15, -0.1) is 0 Å². The van der Waals surface area contributed by atoms with Gasteiger partial charge in [-0.2, -0.15) is 0 Å². The van der Waals surface area contributed by atoms with Crippen molar-refractivity contribution in [1.29, 1.82) is 0 Å². The summed E-state index contributed by atoms with van der Waals surface area (Å²) in [7, 11) is 0. The highest BCUT2D eigenvalue weighted by atomic mass is 15.1. The monoisotopic (exact) mass is 1280 g/mol. The first-order valence-corrected chi connectivity index (χ1v) is 33.7. The molecule has 100 heavy (non-hydrogen) atoms. The van der Waals surface area contributed by atoms with E-state index in [1.54, 1.807) is 0 Å². The third-order valence-corrected chi connectivity index (χ3v) is 19.6. The molecular weight excluding hydrogens is 1220 g/mol. The van der Waals surface area contributed by atoms with Crippen molar-refractivity contribution in [3.8, 4) is 102 Å². The molecule has 6 heterocycles. The molecule has 0 saturated heterocycles. The maximum atomic E-state index is 5.53. The third kappa shape index (κ3) is 9.19. The summed E-state index contributed by atoms with van der Waals surface area (Å²) in [6.45, 7) is 0. The molecule has 0 radical (unpaired) electrons. The molecule has 6 aromatic heterocycles. The zero-order valence-corrected chi connectivity index (χ0v) is 53.8. The fourth-order valence-corrected chi connectivity index (χ4v) is 15.1. The lowest BCUT2D eigenvalue weighted by Gasteiger charge is -2.18. The van der Waals surface area contributed by atoms with Crippen molar-refractivity contribution in [2.45, 2.75) is 0 Å². The van der Waals surface area contributed by atoms with Gasteiger partial charge in [0.05, 0.1) is 55.5 Å². The Labute approximate surface area is 574 Å². The van der Waals surface area contributed by atoms with Gasteiger partial charge in [-0.1, -0.05) is 243 Å². The number of aromatic nitrogens is 10. The van der Waals surface area contributed by atoms with E-state index in [1.165, 1.54) is 21.5 Å². The summed E-state index contributed by atoms with van der Waals surface area (Å²) in [6, 6.07) is 120. The van der Waals surface area contributed by atoms with Crippen LogP contribution in [0.25, 0.3) is 189 Å². The Morgan fingerprint density at radius 1 is 0.160 bits per heavy atom. The molecule has 0 atom stereocenters. The predicted octanol–water partition coefficient (Wildman–Crippen LogP) is 22.1. The zero-order chi connectivity index (χ0) is 65.8. The second-order valence-electron chi connectivity index (χ2n) is 25.4. The minimum Gasteiger partial charge on any atom is -0.309 e. The Bertz CT molecular complexity index is 6100. The molecule has 0 bridgehead atoms. The van der Waals surface area contributed by atoms with Crippen molar-refractivity contribution in [2.24, 2.45) is 0 Å². The van der Waals surface area contributed by atoms with Crippen molar-refractivity contribution < 1.29 is 0 Å². The van der Waals surface area contributed by atoms with E-state index >= 15 is 0 Å². The number of hydrogen-bond acceptors (Lipinski definition) is 6. The highest BCUT2D eigenvalue weighted by Gasteiger charge is 2.27. The van der Waals surface area contributed by atoms with Crippen LogP contribution >= 0.6 is 0 Å². The average Bonchev–Trinajstić information content (AvgIpc) is 1.56. The molecule has 20 aromatic rings. The second-order valence-corrected chi connectivity index (χ2v) is 25.4. The van der Waals surface area contributed by atoms with Crippen LogP contribution in [0, 0.1) is 0 Å². The van der Waals surface area contributed by atoms with Gasteiger partial charge in [-0.3, -0.25) is 0 Å². The van der Waals surface area contributed by atoms with Crippen LogP contribution in [-0.2, 0) is 0 Å². The van der Waals surface area contributed by atoms with Gasteiger partial charge in [-0.05, 0) is 108 Å². The van der Waals surface area contributed by atoms with Crippen molar-refractivity contribution in [3.05, 3.63) is 340 Å². The Morgan fingerprint density at radius 2 is 0.410 bits per heavy atom. The molecular formula is C90H56N10. The van der Waals surface area contributed by atoms with Crippen LogP contribution in [0.2, 0.25) is 0 Å². The third-order valence-electron chi connectivity index (χ3n) is 19.6. The Hall–Kier alpha value is -13.7. The van der Waals surface area contributed by atoms with Crippen LogP contribution in [0.4, 0.5) is 0 Å².